The Bertz CT molecular complexity index is 1720. The van der Waals surface area contributed by atoms with Gasteiger partial charge in [0.25, 0.3) is 0 Å². The van der Waals surface area contributed by atoms with Gasteiger partial charge in [0, 0.05) is 6.54 Å². The van der Waals surface area contributed by atoms with Crippen molar-refractivity contribution in [2.45, 2.75) is 22.4 Å². The van der Waals surface area contributed by atoms with Crippen LogP contribution in [0.5, 0.6) is 0 Å². The Morgan fingerprint density at radius 1 is 0.718 bits per heavy atom. The van der Waals surface area contributed by atoms with E-state index in [0.29, 0.717) is 6.07 Å². The normalized spacial score (nSPS) is 14.9. The van der Waals surface area contributed by atoms with Gasteiger partial charge in [0.1, 0.15) is 20.2 Å². The Kier molecular flexibility index (Phi) is 10.6. The summed E-state index contributed by atoms with van der Waals surface area (Å²) in [5.41, 5.74) is 6.55. The van der Waals surface area contributed by atoms with Crippen LogP contribution in [-0.4, -0.2) is 25.9 Å². The number of benzene rings is 4. The third-order valence-electron chi connectivity index (χ3n) is 6.33. The number of nitrogens with one attached hydrogen (secondary N) is 1. The van der Waals surface area contributed by atoms with Crippen molar-refractivity contribution in [3.63, 3.8) is 0 Å². The topological polar surface area (TPSA) is 126 Å². The van der Waals surface area contributed by atoms with Crippen molar-refractivity contribution in [1.82, 2.24) is 5.32 Å². The van der Waals surface area contributed by atoms with E-state index in [2.05, 4.69) is 35.6 Å². The first-order valence-corrected chi connectivity index (χ1v) is 14.2. The molecule has 5 rings (SSSR count). The van der Waals surface area contributed by atoms with Crippen LogP contribution in [-0.2, 0) is 26.8 Å². The molecule has 0 amide bonds. The van der Waals surface area contributed by atoms with Crippen LogP contribution in [0.4, 0.5) is 0 Å². The molecule has 1 aliphatic heterocycles. The Labute approximate surface area is 272 Å². The molecule has 0 spiro atoms. The van der Waals surface area contributed by atoms with Crippen LogP contribution in [0.1, 0.15) is 33.9 Å². The molecule has 39 heavy (non-hydrogen) atoms. The molecule has 0 aromatic heterocycles. The number of hydrogen-bond acceptors (Lipinski definition) is 7. The Hall–Kier alpha value is -1.60. The fourth-order valence-electron chi connectivity index (χ4n) is 4.46. The zero-order valence-electron chi connectivity index (χ0n) is 21.4. The molecular weight excluding hydrogens is 556 g/mol. The SMILES string of the molecule is O=S(=O)([O-])c1ccc(C=Cc2ccc(C3NCc4ccc(-c5ccccc5)cc43)cc2)c(S(=O)(=O)[O-])c1.[Na+].[Na+]. The summed E-state index contributed by atoms with van der Waals surface area (Å²) < 4.78 is 68.7. The van der Waals surface area contributed by atoms with E-state index in [0.717, 1.165) is 40.9 Å². The minimum atomic E-state index is -5.00. The van der Waals surface area contributed by atoms with Gasteiger partial charge >= 0.3 is 59.1 Å². The summed E-state index contributed by atoms with van der Waals surface area (Å²) >= 11 is 0. The van der Waals surface area contributed by atoms with Gasteiger partial charge in [-0.25, -0.2) is 16.8 Å². The summed E-state index contributed by atoms with van der Waals surface area (Å²) in [6.07, 6.45) is 3.01. The Balaban J connectivity index is 0.00000210. The van der Waals surface area contributed by atoms with Gasteiger partial charge in [0.15, 0.2) is 0 Å². The zero-order chi connectivity index (χ0) is 26.2. The van der Waals surface area contributed by atoms with E-state index in [1.54, 1.807) is 6.08 Å². The molecule has 7 nitrogen and oxygen atoms in total. The summed E-state index contributed by atoms with van der Waals surface area (Å²) in [5, 5.41) is 3.54. The molecular formula is C28H21NNa2O6S2. The quantitative estimate of drug-likeness (QED) is 0.169. The first-order valence-electron chi connectivity index (χ1n) is 11.4. The van der Waals surface area contributed by atoms with E-state index in [4.69, 9.17) is 0 Å². The van der Waals surface area contributed by atoms with E-state index >= 15 is 0 Å². The molecule has 0 fully saturated rings. The van der Waals surface area contributed by atoms with Crippen molar-refractivity contribution in [3.8, 4) is 11.1 Å². The van der Waals surface area contributed by atoms with Crippen molar-refractivity contribution >= 4 is 32.4 Å². The minimum absolute atomic E-state index is 0. The molecule has 1 N–H and O–H groups in total. The summed E-state index contributed by atoms with van der Waals surface area (Å²) in [7, 11) is -9.91. The molecule has 1 atom stereocenters. The second-order valence-corrected chi connectivity index (χ2v) is 11.4. The second kappa shape index (κ2) is 12.9. The molecule has 1 aliphatic rings. The molecule has 0 bridgehead atoms. The summed E-state index contributed by atoms with van der Waals surface area (Å²) in [6.45, 7) is 0.762. The van der Waals surface area contributed by atoms with E-state index in [1.165, 1.54) is 17.2 Å². The van der Waals surface area contributed by atoms with Gasteiger partial charge < -0.3 is 14.4 Å². The molecule has 1 unspecified atom stereocenters. The van der Waals surface area contributed by atoms with Crippen molar-refractivity contribution in [2.75, 3.05) is 0 Å². The van der Waals surface area contributed by atoms with Crippen LogP contribution in [0.3, 0.4) is 0 Å². The monoisotopic (exact) mass is 577 g/mol. The van der Waals surface area contributed by atoms with Crippen LogP contribution in [0.2, 0.25) is 0 Å². The number of fused-ring (bicyclic) bond motifs is 1. The fraction of sp³-hybridized carbons (Fsp3) is 0.0714. The average molecular weight is 578 g/mol. The van der Waals surface area contributed by atoms with E-state index in [-0.39, 0.29) is 70.7 Å². The molecule has 4 aromatic carbocycles. The van der Waals surface area contributed by atoms with Gasteiger partial charge in [-0.15, -0.1) is 0 Å². The molecule has 0 aliphatic carbocycles. The summed E-state index contributed by atoms with van der Waals surface area (Å²) in [6, 6.07) is 27.1. The number of rotatable bonds is 6. The molecule has 11 heteroatoms. The third-order valence-corrected chi connectivity index (χ3v) is 8.05. The Morgan fingerprint density at radius 3 is 2.05 bits per heavy atom. The smallest absolute Gasteiger partial charge is 0.744 e. The fourth-order valence-corrected chi connectivity index (χ4v) is 5.73. The van der Waals surface area contributed by atoms with Gasteiger partial charge in [-0.1, -0.05) is 84.9 Å². The van der Waals surface area contributed by atoms with Crippen molar-refractivity contribution < 1.29 is 85.1 Å². The van der Waals surface area contributed by atoms with Gasteiger partial charge in [0.05, 0.1) is 15.8 Å². The first-order chi connectivity index (χ1) is 17.6. The standard InChI is InChI=1S/C28H23NO6S2.2Na/c30-36(31,32)25-15-14-21(27(17-25)37(33,34)35)9-6-19-7-10-22(11-8-19)28-26-16-23(12-13-24(26)18-29-28)20-4-2-1-3-5-20;;/h1-17,28-29H,18H2,(H,30,31,32)(H,33,34,35);;/q;2*+1/p-2. The van der Waals surface area contributed by atoms with Crippen LogP contribution in [0.25, 0.3) is 23.3 Å². The Morgan fingerprint density at radius 2 is 1.41 bits per heavy atom. The van der Waals surface area contributed by atoms with Crippen molar-refractivity contribution in [3.05, 3.63) is 119 Å². The van der Waals surface area contributed by atoms with Crippen molar-refractivity contribution in [1.29, 1.82) is 0 Å². The predicted octanol–water partition coefficient (Wildman–Crippen LogP) is -1.47. The van der Waals surface area contributed by atoms with E-state index in [9.17, 15) is 25.9 Å². The van der Waals surface area contributed by atoms with Gasteiger partial charge in [0.2, 0.25) is 0 Å². The minimum Gasteiger partial charge on any atom is -0.744 e. The van der Waals surface area contributed by atoms with Crippen LogP contribution in [0.15, 0.2) is 101 Å². The van der Waals surface area contributed by atoms with Gasteiger partial charge in [-0.2, -0.15) is 0 Å². The van der Waals surface area contributed by atoms with Crippen LogP contribution < -0.4 is 64.4 Å². The largest absolute Gasteiger partial charge is 1.00 e. The van der Waals surface area contributed by atoms with Gasteiger partial charge in [-0.3, -0.25) is 0 Å². The van der Waals surface area contributed by atoms with E-state index < -0.39 is 30.0 Å². The first kappa shape index (κ1) is 31.9. The third kappa shape index (κ3) is 7.38. The second-order valence-electron chi connectivity index (χ2n) is 8.70. The van der Waals surface area contributed by atoms with Crippen molar-refractivity contribution in [2.24, 2.45) is 0 Å². The van der Waals surface area contributed by atoms with Gasteiger partial charge in [-0.05, 0) is 57.1 Å². The average Bonchev–Trinajstić information content (AvgIpc) is 3.30. The number of hydrogen-bond donors (Lipinski definition) is 1. The maximum Gasteiger partial charge on any atom is 1.00 e. The molecule has 1 heterocycles. The van der Waals surface area contributed by atoms with Crippen LogP contribution in [0, 0.1) is 0 Å². The van der Waals surface area contributed by atoms with Crippen LogP contribution >= 0.6 is 0 Å². The zero-order valence-corrected chi connectivity index (χ0v) is 27.0. The maximum absolute atomic E-state index is 11.7. The molecule has 188 valence electrons. The maximum atomic E-state index is 11.7. The molecule has 4 aromatic rings. The molecule has 0 saturated heterocycles. The van der Waals surface area contributed by atoms with E-state index in [1.807, 2.05) is 42.5 Å². The molecule has 0 saturated carbocycles. The predicted molar refractivity (Wildman–Crippen MR) is 138 cm³/mol. The molecule has 0 radical (unpaired) electrons. The summed E-state index contributed by atoms with van der Waals surface area (Å²) in [5.74, 6) is 0. The summed E-state index contributed by atoms with van der Waals surface area (Å²) in [4.78, 5) is -1.54.